The highest BCUT2D eigenvalue weighted by molar-refractivity contribution is 4.71. The van der Waals surface area contributed by atoms with Crippen molar-refractivity contribution in [1.82, 2.24) is 83.4 Å². The first kappa shape index (κ1) is 45.7. The Morgan fingerprint density at radius 3 is 0.731 bits per heavy atom. The standard InChI is InChI=1S/C36H84N16/c1-7-40-13-25-49(26-14-41-8-2-37-1)31-19-46-22-34-52(35-23-47-20-32-50-27-15-42-9-3-38-4-10-43-16-28-50)36-24-48-21-33-51-29-17-44-11-5-39-6-12-45-18-30-51/h37-48H,1-36H2. The predicted octanol–water partition coefficient (Wildman–Crippen LogP) is -5.69. The third kappa shape index (κ3) is 27.0. The van der Waals surface area contributed by atoms with Crippen LogP contribution in [0.1, 0.15) is 0 Å². The minimum atomic E-state index is 1.03. The normalized spacial score (nSPS) is 22.3. The highest BCUT2D eigenvalue weighted by Crippen LogP contribution is 1.91. The maximum absolute atomic E-state index is 3.78. The third-order valence-electron chi connectivity index (χ3n) is 10.1. The van der Waals surface area contributed by atoms with Crippen LogP contribution in [0.15, 0.2) is 0 Å². The van der Waals surface area contributed by atoms with E-state index in [2.05, 4.69) is 83.4 Å². The van der Waals surface area contributed by atoms with Crippen molar-refractivity contribution < 1.29 is 0 Å². The fourth-order valence-electron chi connectivity index (χ4n) is 6.75. The quantitative estimate of drug-likeness (QED) is 0.0604. The van der Waals surface area contributed by atoms with Crippen molar-refractivity contribution in [3.05, 3.63) is 0 Å². The van der Waals surface area contributed by atoms with E-state index in [1.165, 1.54) is 0 Å². The maximum atomic E-state index is 3.78. The molecular formula is C36H84N16. The molecule has 3 aliphatic heterocycles. The molecule has 0 amide bonds. The Kier molecular flexibility index (Phi) is 30.6. The van der Waals surface area contributed by atoms with Crippen molar-refractivity contribution in [3.63, 3.8) is 0 Å². The molecule has 3 saturated heterocycles. The first-order chi connectivity index (χ1) is 25.9. The molecule has 0 aliphatic carbocycles. The highest BCUT2D eigenvalue weighted by atomic mass is 15.2. The van der Waals surface area contributed by atoms with Crippen LogP contribution < -0.4 is 63.8 Å². The van der Waals surface area contributed by atoms with E-state index in [1.807, 2.05) is 0 Å². The molecule has 3 aliphatic rings. The number of rotatable bonds is 18. The Labute approximate surface area is 318 Å². The number of nitrogens with one attached hydrogen (secondary N) is 12. The summed E-state index contributed by atoms with van der Waals surface area (Å²) in [5.74, 6) is 0. The molecule has 3 heterocycles. The van der Waals surface area contributed by atoms with Gasteiger partial charge in [0.05, 0.1) is 0 Å². The van der Waals surface area contributed by atoms with E-state index in [0.29, 0.717) is 0 Å². The molecule has 16 nitrogen and oxygen atoms in total. The Hall–Kier alpha value is -0.640. The first-order valence-electron chi connectivity index (χ1n) is 21.3. The summed E-state index contributed by atoms with van der Waals surface area (Å²) in [5.41, 5.74) is 0. The molecule has 0 aromatic rings. The average Bonchev–Trinajstić information content (AvgIpc) is 3.13. The molecular weight excluding hydrogens is 657 g/mol. The van der Waals surface area contributed by atoms with E-state index in [0.717, 1.165) is 236 Å². The predicted molar refractivity (Wildman–Crippen MR) is 220 cm³/mol. The molecule has 0 bridgehead atoms. The molecule has 3 rings (SSSR count). The van der Waals surface area contributed by atoms with Gasteiger partial charge in [-0.2, -0.15) is 0 Å². The number of hydrogen-bond acceptors (Lipinski definition) is 16. The van der Waals surface area contributed by atoms with Crippen LogP contribution >= 0.6 is 0 Å². The lowest BCUT2D eigenvalue weighted by molar-refractivity contribution is 0.244. The fraction of sp³-hybridized carbons (Fsp3) is 1.00. The minimum Gasteiger partial charge on any atom is -0.314 e. The summed E-state index contributed by atoms with van der Waals surface area (Å²) < 4.78 is 0. The monoisotopic (exact) mass is 741 g/mol. The Morgan fingerprint density at radius 1 is 0.288 bits per heavy atom. The van der Waals surface area contributed by atoms with Crippen LogP contribution in [-0.2, 0) is 0 Å². The molecule has 0 unspecified atom stereocenters. The van der Waals surface area contributed by atoms with Crippen molar-refractivity contribution in [3.8, 4) is 0 Å². The van der Waals surface area contributed by atoms with Gasteiger partial charge in [-0.1, -0.05) is 0 Å². The first-order valence-corrected chi connectivity index (χ1v) is 21.3. The minimum absolute atomic E-state index is 1.03. The van der Waals surface area contributed by atoms with Crippen LogP contribution in [0, 0.1) is 0 Å². The van der Waals surface area contributed by atoms with E-state index in [1.54, 1.807) is 0 Å². The van der Waals surface area contributed by atoms with E-state index in [4.69, 9.17) is 0 Å². The smallest absolute Gasteiger partial charge is 0.0108 e. The SMILES string of the molecule is C1CNCCN(CCNCCN(CCNCCN2CCNCCNCCNCC2)CCNCCN2CCNCCNCCNCC2)CCNCCN1. The molecule has 16 heteroatoms. The largest absolute Gasteiger partial charge is 0.314 e. The molecule has 3 fully saturated rings. The average molecular weight is 741 g/mol. The van der Waals surface area contributed by atoms with Crippen molar-refractivity contribution >= 4 is 0 Å². The van der Waals surface area contributed by atoms with Crippen LogP contribution in [0.5, 0.6) is 0 Å². The Balaban J connectivity index is 1.35. The Morgan fingerprint density at radius 2 is 0.500 bits per heavy atom. The summed E-state index contributed by atoms with van der Waals surface area (Å²) in [6, 6.07) is 0. The fourth-order valence-corrected chi connectivity index (χ4v) is 6.75. The lowest BCUT2D eigenvalue weighted by Gasteiger charge is -2.26. The van der Waals surface area contributed by atoms with Gasteiger partial charge in [-0.05, 0) is 0 Å². The van der Waals surface area contributed by atoms with Crippen LogP contribution in [0.3, 0.4) is 0 Å². The van der Waals surface area contributed by atoms with Gasteiger partial charge in [0.2, 0.25) is 0 Å². The lowest BCUT2D eigenvalue weighted by atomic mass is 10.3. The molecule has 0 aromatic carbocycles. The van der Waals surface area contributed by atoms with Crippen molar-refractivity contribution in [2.45, 2.75) is 0 Å². The van der Waals surface area contributed by atoms with Gasteiger partial charge in [-0.15, -0.1) is 0 Å². The van der Waals surface area contributed by atoms with Gasteiger partial charge >= 0.3 is 0 Å². The number of hydrogen-bond donors (Lipinski definition) is 12. The summed E-state index contributed by atoms with van der Waals surface area (Å²) in [6.07, 6.45) is 0. The van der Waals surface area contributed by atoms with E-state index >= 15 is 0 Å². The molecule has 0 radical (unpaired) electrons. The van der Waals surface area contributed by atoms with Gasteiger partial charge < -0.3 is 63.8 Å². The van der Waals surface area contributed by atoms with Gasteiger partial charge in [0, 0.05) is 236 Å². The van der Waals surface area contributed by atoms with Gasteiger partial charge in [0.1, 0.15) is 0 Å². The second-order valence-corrected chi connectivity index (χ2v) is 14.4. The van der Waals surface area contributed by atoms with Gasteiger partial charge in [0.25, 0.3) is 0 Å². The molecule has 0 atom stereocenters. The topological polar surface area (TPSA) is 157 Å². The third-order valence-corrected chi connectivity index (χ3v) is 10.1. The van der Waals surface area contributed by atoms with Crippen LogP contribution in [-0.4, -0.2) is 255 Å². The summed E-state index contributed by atoms with van der Waals surface area (Å²) in [6.45, 7) is 38.3. The second-order valence-electron chi connectivity index (χ2n) is 14.4. The zero-order chi connectivity index (χ0) is 36.3. The van der Waals surface area contributed by atoms with Crippen molar-refractivity contribution in [2.24, 2.45) is 0 Å². The highest BCUT2D eigenvalue weighted by Gasteiger charge is 2.10. The molecule has 0 spiro atoms. The van der Waals surface area contributed by atoms with Crippen LogP contribution in [0.25, 0.3) is 0 Å². The lowest BCUT2D eigenvalue weighted by Crippen LogP contribution is -2.46. The number of nitrogens with zero attached hydrogens (tertiary/aromatic N) is 4. The Bertz CT molecular complexity index is 624. The van der Waals surface area contributed by atoms with E-state index in [9.17, 15) is 0 Å². The van der Waals surface area contributed by atoms with Crippen molar-refractivity contribution in [2.75, 3.05) is 236 Å². The molecule has 0 aromatic heterocycles. The summed E-state index contributed by atoms with van der Waals surface area (Å²) in [4.78, 5) is 10.4. The summed E-state index contributed by atoms with van der Waals surface area (Å²) in [7, 11) is 0. The van der Waals surface area contributed by atoms with E-state index < -0.39 is 0 Å². The summed E-state index contributed by atoms with van der Waals surface area (Å²) >= 11 is 0. The maximum Gasteiger partial charge on any atom is 0.0108 e. The zero-order valence-corrected chi connectivity index (χ0v) is 33.2. The zero-order valence-electron chi connectivity index (χ0n) is 33.2. The molecule has 308 valence electrons. The molecule has 0 saturated carbocycles. The van der Waals surface area contributed by atoms with E-state index in [-0.39, 0.29) is 0 Å². The van der Waals surface area contributed by atoms with Crippen molar-refractivity contribution in [1.29, 1.82) is 0 Å². The van der Waals surface area contributed by atoms with Crippen LogP contribution in [0.4, 0.5) is 0 Å². The molecule has 52 heavy (non-hydrogen) atoms. The van der Waals surface area contributed by atoms with Crippen LogP contribution in [0.2, 0.25) is 0 Å². The molecule has 12 N–H and O–H groups in total. The van der Waals surface area contributed by atoms with Gasteiger partial charge in [-0.25, -0.2) is 0 Å². The van der Waals surface area contributed by atoms with Gasteiger partial charge in [-0.3, -0.25) is 19.6 Å². The van der Waals surface area contributed by atoms with Gasteiger partial charge in [0.15, 0.2) is 0 Å². The summed E-state index contributed by atoms with van der Waals surface area (Å²) in [5, 5.41) is 43.3. The second kappa shape index (κ2) is 34.8.